The first-order valence-corrected chi connectivity index (χ1v) is 22.7. The zero-order valence-corrected chi connectivity index (χ0v) is 37.7. The summed E-state index contributed by atoms with van der Waals surface area (Å²) >= 11 is 1.82. The molecule has 2 aliphatic rings. The van der Waals surface area contributed by atoms with E-state index >= 15 is 0 Å². The molecule has 2 fully saturated rings. The Hall–Kier alpha value is -5.92. The summed E-state index contributed by atoms with van der Waals surface area (Å²) in [6.45, 7) is 2.73. The summed E-state index contributed by atoms with van der Waals surface area (Å²) in [5, 5.41) is 39.3. The molecule has 1 unspecified atom stereocenters. The van der Waals surface area contributed by atoms with Gasteiger partial charge in [0.25, 0.3) is 0 Å². The number of fused-ring (bicyclic) bond motifs is 1. The maximum atomic E-state index is 13.5. The number of hydroxylamine groups is 1. The van der Waals surface area contributed by atoms with Crippen LogP contribution in [0.1, 0.15) is 97.3 Å². The third-order valence-electron chi connectivity index (χ3n) is 10.4. The van der Waals surface area contributed by atoms with Gasteiger partial charge in [0.1, 0.15) is 18.1 Å². The summed E-state index contributed by atoms with van der Waals surface area (Å²) in [6.07, 6.45) is 2.87. The molecule has 0 aromatic heterocycles. The fourth-order valence-electron chi connectivity index (χ4n) is 7.12. The molecule has 10 amide bonds. The van der Waals surface area contributed by atoms with Crippen molar-refractivity contribution in [3.8, 4) is 0 Å². The number of aliphatic imine (C=N–C) groups is 1. The number of urea groups is 1. The lowest BCUT2D eigenvalue weighted by atomic mass is 9.92. The Morgan fingerprint density at radius 2 is 1.42 bits per heavy atom. The van der Waals surface area contributed by atoms with Crippen molar-refractivity contribution < 1.29 is 58.3 Å². The number of rotatable bonds is 32. The summed E-state index contributed by atoms with van der Waals surface area (Å²) in [5.41, 5.74) is 17.7. The van der Waals surface area contributed by atoms with Crippen LogP contribution >= 0.6 is 11.8 Å². The number of aliphatic carboxylic acids is 1. The third-order valence-corrected chi connectivity index (χ3v) is 11.9. The summed E-state index contributed by atoms with van der Waals surface area (Å²) in [5.74, 6) is -7.53. The van der Waals surface area contributed by atoms with E-state index in [9.17, 15) is 53.1 Å². The van der Waals surface area contributed by atoms with E-state index in [1.54, 1.807) is 13.8 Å². The van der Waals surface area contributed by atoms with E-state index in [-0.39, 0.29) is 68.1 Å². The number of guanidine groups is 1. The molecule has 0 saturated carbocycles. The summed E-state index contributed by atoms with van der Waals surface area (Å²) < 4.78 is 0. The van der Waals surface area contributed by atoms with Gasteiger partial charge in [-0.05, 0) is 63.7 Å². The molecule has 0 aromatic carbocycles. The maximum absolute atomic E-state index is 13.5. The predicted octanol–water partition coefficient (Wildman–Crippen LogP) is -3.35. The molecular formula is C39H67N13O12S. The summed E-state index contributed by atoms with van der Waals surface area (Å²) in [7, 11) is 0. The van der Waals surface area contributed by atoms with Gasteiger partial charge in [0.15, 0.2) is 5.96 Å². The number of carboxylic acids is 1. The topological polar surface area (TPSA) is 410 Å². The van der Waals surface area contributed by atoms with Crippen LogP contribution < -0.4 is 65.2 Å². The second-order valence-electron chi connectivity index (χ2n) is 16.3. The monoisotopic (exact) mass is 941 g/mol. The minimum atomic E-state index is -1.50. The van der Waals surface area contributed by atoms with Crippen LogP contribution in [-0.4, -0.2) is 143 Å². The molecule has 366 valence electrons. The van der Waals surface area contributed by atoms with E-state index in [0.717, 1.165) is 18.6 Å². The molecule has 2 heterocycles. The minimum Gasteiger partial charge on any atom is -0.481 e. The number of amides is 10. The lowest BCUT2D eigenvalue weighted by molar-refractivity contribution is -0.139. The Balaban J connectivity index is 1.83. The van der Waals surface area contributed by atoms with Crippen molar-refractivity contribution in [1.82, 2.24) is 48.0 Å². The maximum Gasteiger partial charge on any atom is 0.315 e. The number of hydrogen-bond donors (Lipinski definition) is 14. The van der Waals surface area contributed by atoms with Gasteiger partial charge >= 0.3 is 12.0 Å². The van der Waals surface area contributed by atoms with Gasteiger partial charge in [-0.15, -0.1) is 0 Å². The number of nitrogens with zero attached hydrogens (tertiary/aromatic N) is 1. The third kappa shape index (κ3) is 22.5. The Bertz CT molecular complexity index is 1700. The molecule has 2 rings (SSSR count). The van der Waals surface area contributed by atoms with Crippen molar-refractivity contribution in [2.45, 2.75) is 133 Å². The zero-order valence-electron chi connectivity index (χ0n) is 36.9. The number of carbonyl (C=O) groups is 10. The van der Waals surface area contributed by atoms with Crippen LogP contribution in [0.3, 0.4) is 0 Å². The van der Waals surface area contributed by atoms with Gasteiger partial charge in [-0.3, -0.25) is 53.4 Å². The second-order valence-corrected chi connectivity index (χ2v) is 17.6. The molecule has 0 spiro atoms. The number of primary amides is 1. The van der Waals surface area contributed by atoms with Crippen LogP contribution in [0, 0.1) is 11.8 Å². The smallest absolute Gasteiger partial charge is 0.315 e. The number of carboxylic acid groups (broad SMARTS) is 1. The number of unbranched alkanes of at least 4 members (excludes halogenated alkanes) is 2. The van der Waals surface area contributed by atoms with Gasteiger partial charge < -0.3 is 64.8 Å². The summed E-state index contributed by atoms with van der Waals surface area (Å²) in [4.78, 5) is 128. The highest BCUT2D eigenvalue weighted by molar-refractivity contribution is 8.00. The molecule has 0 aromatic rings. The number of nitrogens with two attached hydrogens (primary N) is 3. The predicted molar refractivity (Wildman–Crippen MR) is 236 cm³/mol. The normalized spacial score (nSPS) is 18.0. The first-order chi connectivity index (χ1) is 30.8. The Kier molecular flexibility index (Phi) is 25.1. The van der Waals surface area contributed by atoms with Crippen LogP contribution in [0.15, 0.2) is 4.99 Å². The number of hydrogen-bond acceptors (Lipinski definition) is 13. The van der Waals surface area contributed by atoms with Crippen LogP contribution in [0.2, 0.25) is 0 Å². The van der Waals surface area contributed by atoms with E-state index in [4.69, 9.17) is 22.4 Å². The molecule has 25 nitrogen and oxygen atoms in total. The fraction of sp³-hybridized carbons (Fsp3) is 0.718. The molecule has 0 radical (unpaired) electrons. The van der Waals surface area contributed by atoms with Gasteiger partial charge in [-0.25, -0.2) is 10.3 Å². The first-order valence-electron chi connectivity index (χ1n) is 21.7. The number of thioether (sulfide) groups is 1. The summed E-state index contributed by atoms with van der Waals surface area (Å²) in [6, 6.07) is -3.74. The SMILES string of the molecule is CC(C)CC(CC(=O)NO)C(=O)N[C@@H](CCCN=C(N)N)C(=O)N[C@@H](CCC(=O)O)C(=O)NCC(=O)NCC(=O)N[C@@H](CCCCNC(=O)CCCC[C@@H]1SC[C@@H]2NC(=O)N[C@@H]21)C(N)=O. The van der Waals surface area contributed by atoms with Crippen molar-refractivity contribution in [3.05, 3.63) is 0 Å². The van der Waals surface area contributed by atoms with Crippen LogP contribution in [0.5, 0.6) is 0 Å². The van der Waals surface area contributed by atoms with Crippen LogP contribution in [0.25, 0.3) is 0 Å². The highest BCUT2D eigenvalue weighted by Crippen LogP contribution is 2.33. The highest BCUT2D eigenvalue weighted by atomic mass is 32.2. The van der Waals surface area contributed by atoms with E-state index < -0.39 is 104 Å². The van der Waals surface area contributed by atoms with Gasteiger partial charge in [0.05, 0.1) is 25.2 Å². The van der Waals surface area contributed by atoms with Gasteiger partial charge in [-0.2, -0.15) is 11.8 Å². The fourth-order valence-corrected chi connectivity index (χ4v) is 8.66. The van der Waals surface area contributed by atoms with E-state index in [1.165, 1.54) is 5.48 Å². The molecule has 0 bridgehead atoms. The molecule has 65 heavy (non-hydrogen) atoms. The van der Waals surface area contributed by atoms with E-state index in [1.807, 2.05) is 11.8 Å². The molecule has 0 aliphatic carbocycles. The highest BCUT2D eigenvalue weighted by Gasteiger charge is 2.42. The van der Waals surface area contributed by atoms with Crippen molar-refractivity contribution in [2.75, 3.05) is 31.9 Å². The Labute approximate surface area is 381 Å². The average molecular weight is 942 g/mol. The van der Waals surface area contributed by atoms with Crippen molar-refractivity contribution in [1.29, 1.82) is 0 Å². The molecule has 2 aliphatic heterocycles. The molecule has 2 saturated heterocycles. The molecule has 7 atom stereocenters. The lowest BCUT2D eigenvalue weighted by Gasteiger charge is -2.25. The Morgan fingerprint density at radius 1 is 0.738 bits per heavy atom. The van der Waals surface area contributed by atoms with Crippen LogP contribution in [-0.2, 0) is 43.2 Å². The van der Waals surface area contributed by atoms with Gasteiger partial charge in [0, 0.05) is 49.3 Å². The molecule has 26 heteroatoms. The minimum absolute atomic E-state index is 0.0493. The molecular weight excluding hydrogens is 875 g/mol. The van der Waals surface area contributed by atoms with Crippen molar-refractivity contribution >= 4 is 77.0 Å². The first kappa shape index (κ1) is 55.2. The quantitative estimate of drug-likeness (QED) is 0.00783. The van der Waals surface area contributed by atoms with Gasteiger partial charge in [-0.1, -0.05) is 20.3 Å². The average Bonchev–Trinajstić information content (AvgIpc) is 3.80. The van der Waals surface area contributed by atoms with E-state index in [0.29, 0.717) is 37.5 Å². The number of nitrogens with one attached hydrogen (secondary N) is 9. The zero-order chi connectivity index (χ0) is 48.5. The van der Waals surface area contributed by atoms with Crippen LogP contribution in [0.4, 0.5) is 4.79 Å². The molecule has 17 N–H and O–H groups in total. The van der Waals surface area contributed by atoms with Gasteiger partial charge in [0.2, 0.25) is 47.3 Å². The van der Waals surface area contributed by atoms with Crippen molar-refractivity contribution in [3.63, 3.8) is 0 Å². The largest absolute Gasteiger partial charge is 0.481 e. The van der Waals surface area contributed by atoms with Crippen molar-refractivity contribution in [2.24, 2.45) is 34.0 Å². The standard InChI is InChI=1S/C39H67N13O12S/c1-21(2)16-22(17-29(54)52-64)35(60)48-24(9-7-15-44-38(41)42)37(62)49-25(12-13-32(57)58)36(61)46-18-30(55)45-19-31(56)47-23(34(40)59)8-5-6-14-43-28(53)11-4-3-10-27-33-26(20-65-27)50-39(63)51-33/h21-27,33,64H,3-20H2,1-2H3,(H2,40,59)(H,43,53)(H,45,55)(H,46,61)(H,47,56)(H,48,60)(H,49,62)(H,52,54)(H,57,58)(H4,41,42,44)(H2,50,51,63)/t22?,23-,24-,25-,26-,27-,33-/m0/s1. The Morgan fingerprint density at radius 3 is 2.08 bits per heavy atom. The van der Waals surface area contributed by atoms with E-state index in [2.05, 4.69) is 47.5 Å². The number of carbonyl (C=O) groups excluding carboxylic acids is 9. The lowest BCUT2D eigenvalue weighted by Crippen LogP contribution is -2.55. The second kappa shape index (κ2) is 29.5.